The fourth-order valence-corrected chi connectivity index (χ4v) is 4.79. The SMILES string of the molecule is NC(=O)N[C@@H](Cc1ccccc1)C(=O)NCC1(N2CCCCC2)CCCCC1. The van der Waals surface area contributed by atoms with E-state index in [9.17, 15) is 9.59 Å². The summed E-state index contributed by atoms with van der Waals surface area (Å²) in [5.41, 5.74) is 6.40. The van der Waals surface area contributed by atoms with Gasteiger partial charge in [0.05, 0.1) is 0 Å². The molecule has 0 bridgehead atoms. The molecule has 4 N–H and O–H groups in total. The molecule has 1 aliphatic carbocycles. The predicted octanol–water partition coefficient (Wildman–Crippen LogP) is 2.57. The van der Waals surface area contributed by atoms with Crippen molar-refractivity contribution in [2.24, 2.45) is 5.73 Å². The molecule has 28 heavy (non-hydrogen) atoms. The van der Waals surface area contributed by atoms with E-state index in [1.807, 2.05) is 30.3 Å². The molecule has 1 atom stereocenters. The summed E-state index contributed by atoms with van der Waals surface area (Å²) in [5, 5.41) is 5.79. The Labute approximate surface area is 168 Å². The van der Waals surface area contributed by atoms with E-state index >= 15 is 0 Å². The number of piperidine rings is 1. The first kappa shape index (κ1) is 20.6. The maximum absolute atomic E-state index is 13.0. The first-order chi connectivity index (χ1) is 13.6. The summed E-state index contributed by atoms with van der Waals surface area (Å²) >= 11 is 0. The number of likely N-dealkylation sites (tertiary alicyclic amines) is 1. The summed E-state index contributed by atoms with van der Waals surface area (Å²) in [7, 11) is 0. The first-order valence-corrected chi connectivity index (χ1v) is 10.7. The number of carbonyl (C=O) groups is 2. The Kier molecular flexibility index (Phi) is 7.31. The molecule has 2 fully saturated rings. The van der Waals surface area contributed by atoms with Gasteiger partial charge in [-0.1, -0.05) is 56.0 Å². The van der Waals surface area contributed by atoms with Crippen molar-refractivity contribution in [1.82, 2.24) is 15.5 Å². The maximum Gasteiger partial charge on any atom is 0.312 e. The Bertz CT molecular complexity index is 637. The summed E-state index contributed by atoms with van der Waals surface area (Å²) in [6.45, 7) is 2.91. The maximum atomic E-state index is 13.0. The van der Waals surface area contributed by atoms with Crippen LogP contribution in [0.15, 0.2) is 30.3 Å². The number of hydrogen-bond acceptors (Lipinski definition) is 3. The van der Waals surface area contributed by atoms with Gasteiger partial charge in [-0.05, 0) is 44.3 Å². The Morgan fingerprint density at radius 2 is 1.64 bits per heavy atom. The van der Waals surface area contributed by atoms with Crippen LogP contribution in [0.5, 0.6) is 0 Å². The second kappa shape index (κ2) is 9.92. The highest BCUT2D eigenvalue weighted by atomic mass is 16.2. The Hall–Kier alpha value is -2.08. The van der Waals surface area contributed by atoms with E-state index < -0.39 is 12.1 Å². The zero-order chi connectivity index (χ0) is 19.8. The van der Waals surface area contributed by atoms with E-state index in [0.717, 1.165) is 31.5 Å². The lowest BCUT2D eigenvalue weighted by Gasteiger charge is -2.48. The number of nitrogens with one attached hydrogen (secondary N) is 2. The van der Waals surface area contributed by atoms with Gasteiger partial charge in [-0.25, -0.2) is 4.79 Å². The summed E-state index contributed by atoms with van der Waals surface area (Å²) in [6.07, 6.45) is 10.2. The van der Waals surface area contributed by atoms with Gasteiger partial charge in [-0.3, -0.25) is 9.69 Å². The molecule has 1 aliphatic heterocycles. The molecule has 3 rings (SSSR count). The molecule has 0 unspecified atom stereocenters. The molecule has 1 saturated carbocycles. The van der Waals surface area contributed by atoms with Gasteiger partial charge in [0.1, 0.15) is 6.04 Å². The van der Waals surface area contributed by atoms with Gasteiger partial charge < -0.3 is 16.4 Å². The van der Waals surface area contributed by atoms with Crippen LogP contribution in [0.25, 0.3) is 0 Å². The highest BCUT2D eigenvalue weighted by molar-refractivity contribution is 5.86. The summed E-state index contributed by atoms with van der Waals surface area (Å²) in [5.74, 6) is -0.149. The molecule has 1 aromatic carbocycles. The van der Waals surface area contributed by atoms with Gasteiger partial charge in [0.15, 0.2) is 0 Å². The molecule has 1 heterocycles. The van der Waals surface area contributed by atoms with E-state index in [2.05, 4.69) is 15.5 Å². The van der Waals surface area contributed by atoms with Gasteiger partial charge in [0.25, 0.3) is 0 Å². The van der Waals surface area contributed by atoms with Crippen LogP contribution in [0.1, 0.15) is 56.9 Å². The van der Waals surface area contributed by atoms with E-state index in [1.165, 1.54) is 38.5 Å². The van der Waals surface area contributed by atoms with Gasteiger partial charge in [0, 0.05) is 18.5 Å². The third kappa shape index (κ3) is 5.47. The first-order valence-electron chi connectivity index (χ1n) is 10.7. The van der Waals surface area contributed by atoms with E-state index in [1.54, 1.807) is 0 Å². The molecular formula is C22H34N4O2. The fourth-order valence-electron chi connectivity index (χ4n) is 4.79. The molecule has 2 aliphatic rings. The number of urea groups is 1. The second-order valence-corrected chi connectivity index (χ2v) is 8.30. The molecular weight excluding hydrogens is 352 g/mol. The standard InChI is InChI=1S/C22H34N4O2/c23-21(28)25-19(16-18-10-4-1-5-11-18)20(27)24-17-22(12-6-2-7-13-22)26-14-8-3-9-15-26/h1,4-5,10-11,19H,2-3,6-9,12-17H2,(H,24,27)(H3,23,25,28)/t19-/m0/s1. The molecule has 0 aromatic heterocycles. The molecule has 6 nitrogen and oxygen atoms in total. The van der Waals surface area contributed by atoms with E-state index in [0.29, 0.717) is 13.0 Å². The normalized spacial score (nSPS) is 20.9. The van der Waals surface area contributed by atoms with E-state index in [4.69, 9.17) is 5.73 Å². The monoisotopic (exact) mass is 386 g/mol. The third-order valence-electron chi connectivity index (χ3n) is 6.32. The average Bonchev–Trinajstić information content (AvgIpc) is 2.73. The largest absolute Gasteiger partial charge is 0.352 e. The van der Waals surface area contributed by atoms with Crippen molar-refractivity contribution in [3.63, 3.8) is 0 Å². The smallest absolute Gasteiger partial charge is 0.312 e. The van der Waals surface area contributed by atoms with Crippen LogP contribution in [0.2, 0.25) is 0 Å². The zero-order valence-corrected chi connectivity index (χ0v) is 16.8. The number of primary amides is 1. The Balaban J connectivity index is 1.65. The van der Waals surface area contributed by atoms with Gasteiger partial charge in [-0.15, -0.1) is 0 Å². The van der Waals surface area contributed by atoms with E-state index in [-0.39, 0.29) is 11.4 Å². The predicted molar refractivity (Wildman–Crippen MR) is 111 cm³/mol. The van der Waals surface area contributed by atoms with Crippen molar-refractivity contribution in [2.45, 2.75) is 69.4 Å². The quantitative estimate of drug-likeness (QED) is 0.673. The molecule has 1 saturated heterocycles. The van der Waals surface area contributed by atoms with Crippen LogP contribution in [0.4, 0.5) is 4.79 Å². The topological polar surface area (TPSA) is 87.5 Å². The van der Waals surface area contributed by atoms with Gasteiger partial charge >= 0.3 is 6.03 Å². The number of rotatable bonds is 7. The average molecular weight is 387 g/mol. The Morgan fingerprint density at radius 3 is 2.29 bits per heavy atom. The molecule has 154 valence electrons. The van der Waals surface area contributed by atoms with Gasteiger partial charge in [0.2, 0.25) is 5.91 Å². The van der Waals surface area contributed by atoms with Gasteiger partial charge in [-0.2, -0.15) is 0 Å². The molecule has 0 spiro atoms. The minimum Gasteiger partial charge on any atom is -0.352 e. The minimum atomic E-state index is -0.667. The van der Waals surface area contributed by atoms with Crippen LogP contribution in [-0.4, -0.2) is 48.1 Å². The van der Waals surface area contributed by atoms with Crippen molar-refractivity contribution in [3.05, 3.63) is 35.9 Å². The second-order valence-electron chi connectivity index (χ2n) is 8.30. The lowest BCUT2D eigenvalue weighted by Crippen LogP contribution is -2.60. The lowest BCUT2D eigenvalue weighted by molar-refractivity contribution is -0.123. The number of amides is 3. The van der Waals surface area contributed by atoms with Crippen LogP contribution in [0.3, 0.4) is 0 Å². The van der Waals surface area contributed by atoms with Crippen molar-refractivity contribution in [1.29, 1.82) is 0 Å². The summed E-state index contributed by atoms with van der Waals surface area (Å²) in [6, 6.07) is 8.40. The number of benzene rings is 1. The number of hydrogen-bond donors (Lipinski definition) is 3. The van der Waals surface area contributed by atoms with Crippen molar-refractivity contribution in [2.75, 3.05) is 19.6 Å². The van der Waals surface area contributed by atoms with Crippen molar-refractivity contribution >= 4 is 11.9 Å². The zero-order valence-electron chi connectivity index (χ0n) is 16.8. The third-order valence-corrected chi connectivity index (χ3v) is 6.32. The Morgan fingerprint density at radius 1 is 1.00 bits per heavy atom. The van der Waals surface area contributed by atoms with Crippen LogP contribution >= 0.6 is 0 Å². The highest BCUT2D eigenvalue weighted by Crippen LogP contribution is 2.35. The molecule has 6 heteroatoms. The lowest BCUT2D eigenvalue weighted by atomic mass is 9.79. The van der Waals surface area contributed by atoms with Crippen LogP contribution in [0, 0.1) is 0 Å². The highest BCUT2D eigenvalue weighted by Gasteiger charge is 2.39. The number of nitrogens with two attached hydrogens (primary N) is 1. The summed E-state index contributed by atoms with van der Waals surface area (Å²) in [4.78, 5) is 27.0. The minimum absolute atomic E-state index is 0.0678. The van der Waals surface area contributed by atoms with Crippen molar-refractivity contribution in [3.8, 4) is 0 Å². The molecule has 3 amide bonds. The fraction of sp³-hybridized carbons (Fsp3) is 0.636. The van der Waals surface area contributed by atoms with Crippen molar-refractivity contribution < 1.29 is 9.59 Å². The van der Waals surface area contributed by atoms with Crippen LogP contribution < -0.4 is 16.4 Å². The summed E-state index contributed by atoms with van der Waals surface area (Å²) < 4.78 is 0. The number of nitrogens with zero attached hydrogens (tertiary/aromatic N) is 1. The molecule has 1 aromatic rings. The van der Waals surface area contributed by atoms with Crippen LogP contribution in [-0.2, 0) is 11.2 Å². The molecule has 0 radical (unpaired) electrons. The number of carbonyl (C=O) groups excluding carboxylic acids is 2.